The van der Waals surface area contributed by atoms with Crippen LogP contribution in [0.15, 0.2) is 0 Å². The lowest BCUT2D eigenvalue weighted by Crippen LogP contribution is -2.48. The van der Waals surface area contributed by atoms with Crippen LogP contribution in [0.25, 0.3) is 0 Å². The van der Waals surface area contributed by atoms with Crippen molar-refractivity contribution in [1.82, 2.24) is 4.90 Å². The summed E-state index contributed by atoms with van der Waals surface area (Å²) in [6.45, 7) is 5.49. The number of nitrogens with two attached hydrogens (primary N) is 1. The molecule has 0 aromatic carbocycles. The summed E-state index contributed by atoms with van der Waals surface area (Å²) in [5.41, 5.74) is 5.37. The number of aliphatic hydroxyl groups is 1. The Balaban J connectivity index is 2.30. The van der Waals surface area contributed by atoms with E-state index in [4.69, 9.17) is 10.5 Å². The average Bonchev–Trinajstić information content (AvgIpc) is 2.26. The first-order chi connectivity index (χ1) is 7.09. The smallest absolute Gasteiger partial charge is 0.0777 e. The van der Waals surface area contributed by atoms with Crippen LogP contribution >= 0.6 is 0 Å². The molecule has 0 spiro atoms. The third-order valence-electron chi connectivity index (χ3n) is 3.28. The zero-order valence-corrected chi connectivity index (χ0v) is 9.91. The number of nitrogens with zero attached hydrogens (tertiary/aromatic N) is 1. The first kappa shape index (κ1) is 12.9. The van der Waals surface area contributed by atoms with E-state index in [1.165, 1.54) is 6.42 Å². The maximum atomic E-state index is 9.39. The number of hydrogen-bond donors (Lipinski definition) is 2. The minimum absolute atomic E-state index is 0.00802. The maximum Gasteiger partial charge on any atom is 0.0777 e. The fourth-order valence-corrected chi connectivity index (χ4v) is 2.11. The number of methoxy groups -OCH3 is 1. The minimum atomic E-state index is -0.360. The van der Waals surface area contributed by atoms with Crippen LogP contribution in [-0.2, 0) is 4.74 Å². The number of ether oxygens (including phenoxy) is 1. The van der Waals surface area contributed by atoms with Crippen LogP contribution in [0, 0.1) is 0 Å². The summed E-state index contributed by atoms with van der Waals surface area (Å²) < 4.78 is 5.51. The highest BCUT2D eigenvalue weighted by Crippen LogP contribution is 2.23. The van der Waals surface area contributed by atoms with Crippen molar-refractivity contribution in [2.45, 2.75) is 37.9 Å². The highest BCUT2D eigenvalue weighted by molar-refractivity contribution is 4.84. The maximum absolute atomic E-state index is 9.39. The van der Waals surface area contributed by atoms with Crippen molar-refractivity contribution in [2.24, 2.45) is 5.73 Å². The Morgan fingerprint density at radius 2 is 2.33 bits per heavy atom. The van der Waals surface area contributed by atoms with Gasteiger partial charge in [-0.25, -0.2) is 0 Å². The third kappa shape index (κ3) is 4.07. The van der Waals surface area contributed by atoms with E-state index >= 15 is 0 Å². The van der Waals surface area contributed by atoms with Gasteiger partial charge in [-0.2, -0.15) is 0 Å². The first-order valence-corrected chi connectivity index (χ1v) is 5.75. The van der Waals surface area contributed by atoms with E-state index in [9.17, 15) is 5.11 Å². The van der Waals surface area contributed by atoms with Crippen LogP contribution in [0.3, 0.4) is 0 Å². The molecule has 0 saturated carbocycles. The molecule has 1 saturated heterocycles. The van der Waals surface area contributed by atoms with Gasteiger partial charge in [-0.15, -0.1) is 0 Å². The van der Waals surface area contributed by atoms with Crippen molar-refractivity contribution in [2.75, 3.05) is 33.3 Å². The van der Waals surface area contributed by atoms with Crippen molar-refractivity contribution in [1.29, 1.82) is 0 Å². The third-order valence-corrected chi connectivity index (χ3v) is 3.28. The SMILES string of the molecule is COC1(C)CCCN(CCC(O)CN)C1. The Morgan fingerprint density at radius 3 is 2.93 bits per heavy atom. The second-order valence-corrected chi connectivity index (χ2v) is 4.71. The molecule has 1 aliphatic rings. The van der Waals surface area contributed by atoms with Crippen LogP contribution in [0.5, 0.6) is 0 Å². The molecule has 0 bridgehead atoms. The molecule has 4 nitrogen and oxygen atoms in total. The zero-order valence-electron chi connectivity index (χ0n) is 9.91. The van der Waals surface area contributed by atoms with Crippen molar-refractivity contribution in [3.63, 3.8) is 0 Å². The second kappa shape index (κ2) is 5.80. The molecular weight excluding hydrogens is 192 g/mol. The molecule has 0 radical (unpaired) electrons. The Labute approximate surface area is 92.4 Å². The number of aliphatic hydroxyl groups excluding tert-OH is 1. The molecule has 2 atom stereocenters. The largest absolute Gasteiger partial charge is 0.392 e. The molecule has 0 amide bonds. The summed E-state index contributed by atoms with van der Waals surface area (Å²) in [6.07, 6.45) is 2.69. The number of piperidine rings is 1. The monoisotopic (exact) mass is 216 g/mol. The van der Waals surface area contributed by atoms with Crippen LogP contribution in [0.2, 0.25) is 0 Å². The lowest BCUT2D eigenvalue weighted by atomic mass is 9.94. The highest BCUT2D eigenvalue weighted by atomic mass is 16.5. The van der Waals surface area contributed by atoms with Crippen molar-refractivity contribution < 1.29 is 9.84 Å². The number of hydrogen-bond acceptors (Lipinski definition) is 4. The van der Waals surface area contributed by atoms with Crippen molar-refractivity contribution in [3.8, 4) is 0 Å². The quantitative estimate of drug-likeness (QED) is 0.689. The Hall–Kier alpha value is -0.160. The predicted molar refractivity (Wildman–Crippen MR) is 60.8 cm³/mol. The summed E-state index contributed by atoms with van der Waals surface area (Å²) in [7, 11) is 1.78. The number of rotatable bonds is 5. The van der Waals surface area contributed by atoms with Crippen LogP contribution in [-0.4, -0.2) is 55.0 Å². The Kier molecular flexibility index (Phi) is 4.99. The molecule has 0 aromatic rings. The molecule has 3 N–H and O–H groups in total. The molecule has 1 fully saturated rings. The van der Waals surface area contributed by atoms with Gasteiger partial charge in [-0.05, 0) is 32.7 Å². The van der Waals surface area contributed by atoms with Crippen LogP contribution in [0.1, 0.15) is 26.2 Å². The van der Waals surface area contributed by atoms with Gasteiger partial charge in [0.25, 0.3) is 0 Å². The summed E-state index contributed by atoms with van der Waals surface area (Å²) in [4.78, 5) is 2.35. The molecule has 1 aliphatic heterocycles. The summed E-state index contributed by atoms with van der Waals surface area (Å²) >= 11 is 0. The highest BCUT2D eigenvalue weighted by Gasteiger charge is 2.30. The first-order valence-electron chi connectivity index (χ1n) is 5.75. The minimum Gasteiger partial charge on any atom is -0.392 e. The van der Waals surface area contributed by atoms with E-state index in [-0.39, 0.29) is 11.7 Å². The molecule has 0 aliphatic carbocycles. The van der Waals surface area contributed by atoms with Gasteiger partial charge < -0.3 is 20.5 Å². The fourth-order valence-electron chi connectivity index (χ4n) is 2.11. The zero-order chi connectivity index (χ0) is 11.3. The van der Waals surface area contributed by atoms with Gasteiger partial charge in [0.1, 0.15) is 0 Å². The predicted octanol–water partition coefficient (Wildman–Crippen LogP) is 0.197. The van der Waals surface area contributed by atoms with E-state index in [2.05, 4.69) is 11.8 Å². The molecule has 1 rings (SSSR count). The van der Waals surface area contributed by atoms with E-state index < -0.39 is 0 Å². The second-order valence-electron chi connectivity index (χ2n) is 4.71. The lowest BCUT2D eigenvalue weighted by Gasteiger charge is -2.39. The normalized spacial score (nSPS) is 30.4. The van der Waals surface area contributed by atoms with Gasteiger partial charge in [0, 0.05) is 26.7 Å². The van der Waals surface area contributed by atoms with Gasteiger partial charge >= 0.3 is 0 Å². The van der Waals surface area contributed by atoms with Gasteiger partial charge in [0.2, 0.25) is 0 Å². The van der Waals surface area contributed by atoms with Crippen molar-refractivity contribution >= 4 is 0 Å². The molecule has 4 heteroatoms. The van der Waals surface area contributed by atoms with E-state index in [0.717, 1.165) is 32.5 Å². The van der Waals surface area contributed by atoms with Gasteiger partial charge in [0.05, 0.1) is 11.7 Å². The summed E-state index contributed by atoms with van der Waals surface area (Å²) in [5.74, 6) is 0. The molecule has 1 heterocycles. The van der Waals surface area contributed by atoms with Crippen LogP contribution in [0.4, 0.5) is 0 Å². The summed E-state index contributed by atoms with van der Waals surface area (Å²) in [5, 5.41) is 9.39. The van der Waals surface area contributed by atoms with Crippen LogP contribution < -0.4 is 5.73 Å². The Morgan fingerprint density at radius 1 is 1.60 bits per heavy atom. The molecule has 2 unspecified atom stereocenters. The van der Waals surface area contributed by atoms with E-state index in [1.54, 1.807) is 7.11 Å². The Bertz CT molecular complexity index is 189. The molecule has 15 heavy (non-hydrogen) atoms. The van der Waals surface area contributed by atoms with E-state index in [1.807, 2.05) is 0 Å². The molecule has 0 aromatic heterocycles. The van der Waals surface area contributed by atoms with E-state index in [0.29, 0.717) is 6.54 Å². The topological polar surface area (TPSA) is 58.7 Å². The molecular formula is C11H24N2O2. The van der Waals surface area contributed by atoms with Crippen molar-refractivity contribution in [3.05, 3.63) is 0 Å². The van der Waals surface area contributed by atoms with Gasteiger partial charge in [-0.3, -0.25) is 0 Å². The number of likely N-dealkylation sites (tertiary alicyclic amines) is 1. The standard InChI is InChI=1S/C11H24N2O2/c1-11(15-2)5-3-6-13(9-11)7-4-10(14)8-12/h10,14H,3-9,12H2,1-2H3. The lowest BCUT2D eigenvalue weighted by molar-refractivity contribution is -0.0526. The average molecular weight is 216 g/mol. The van der Waals surface area contributed by atoms with Gasteiger partial charge in [-0.1, -0.05) is 0 Å². The summed E-state index contributed by atoms with van der Waals surface area (Å²) in [6, 6.07) is 0. The van der Waals surface area contributed by atoms with Gasteiger partial charge in [0.15, 0.2) is 0 Å². The fraction of sp³-hybridized carbons (Fsp3) is 1.00. The molecule has 90 valence electrons.